The fraction of sp³-hybridized carbons (Fsp3) is 0.182. The smallest absolute Gasteiger partial charge is 0.265 e. The molecule has 0 unspecified atom stereocenters. The monoisotopic (exact) mass is 301 g/mol. The van der Waals surface area contributed by atoms with Crippen LogP contribution in [-0.2, 0) is 16.6 Å². The number of aliphatic hydroxyl groups is 1. The third-order valence-electron chi connectivity index (χ3n) is 2.46. The predicted octanol–water partition coefficient (Wildman–Crippen LogP) is 1.66. The van der Waals surface area contributed by atoms with Gasteiger partial charge in [0.25, 0.3) is 10.0 Å². The maximum absolute atomic E-state index is 12.2. The van der Waals surface area contributed by atoms with Gasteiger partial charge in [-0.05, 0) is 25.1 Å². The highest BCUT2D eigenvalue weighted by Crippen LogP contribution is 2.23. The van der Waals surface area contributed by atoms with Crippen molar-refractivity contribution >= 4 is 27.3 Å². The lowest BCUT2D eigenvalue weighted by atomic mass is 10.3. The number of nitrogens with zero attached hydrogens (tertiary/aromatic N) is 1. The fourth-order valence-electron chi connectivity index (χ4n) is 1.69. The molecule has 0 aliphatic heterocycles. The summed E-state index contributed by atoms with van der Waals surface area (Å²) in [7, 11) is -3.82. The average Bonchev–Trinajstić information content (AvgIpc) is 2.70. The number of anilines is 1. The Kier molecular flexibility index (Phi) is 3.79. The van der Waals surface area contributed by atoms with E-state index >= 15 is 0 Å². The van der Waals surface area contributed by atoms with Gasteiger partial charge in [0.05, 0.1) is 18.0 Å². The molecule has 2 rings (SSSR count). The number of aryl methyl sites for hydroxylation is 1. The molecule has 0 aliphatic carbocycles. The molecule has 1 aromatic carbocycles. The first-order valence-electron chi connectivity index (χ1n) is 5.37. The van der Waals surface area contributed by atoms with E-state index in [-0.39, 0.29) is 10.6 Å². The van der Waals surface area contributed by atoms with Gasteiger partial charge < -0.3 is 5.11 Å². The van der Waals surface area contributed by atoms with Crippen LogP contribution in [0.2, 0.25) is 5.02 Å². The molecule has 0 amide bonds. The van der Waals surface area contributed by atoms with Gasteiger partial charge in [-0.2, -0.15) is 5.10 Å². The number of hydrogen-bond acceptors (Lipinski definition) is 4. The van der Waals surface area contributed by atoms with Crippen LogP contribution in [0.4, 0.5) is 5.69 Å². The number of benzene rings is 1. The first kappa shape index (κ1) is 13.9. The highest BCUT2D eigenvalue weighted by Gasteiger charge is 2.24. The van der Waals surface area contributed by atoms with Crippen LogP contribution in [0.5, 0.6) is 0 Å². The third-order valence-corrected chi connectivity index (χ3v) is 4.28. The maximum atomic E-state index is 12.2. The second-order valence-corrected chi connectivity index (χ2v) is 5.95. The van der Waals surface area contributed by atoms with E-state index < -0.39 is 16.6 Å². The van der Waals surface area contributed by atoms with Crippen molar-refractivity contribution in [3.8, 4) is 0 Å². The Morgan fingerprint density at radius 2 is 2.21 bits per heavy atom. The predicted molar refractivity (Wildman–Crippen MR) is 71.5 cm³/mol. The number of aliphatic hydroxyl groups excluding tert-OH is 1. The molecule has 1 heterocycles. The van der Waals surface area contributed by atoms with E-state index in [0.29, 0.717) is 16.4 Å². The van der Waals surface area contributed by atoms with E-state index in [2.05, 4.69) is 14.9 Å². The number of hydrogen-bond donors (Lipinski definition) is 3. The van der Waals surface area contributed by atoms with E-state index in [1.807, 2.05) is 0 Å². The van der Waals surface area contributed by atoms with Gasteiger partial charge in [-0.25, -0.2) is 8.42 Å². The molecule has 0 atom stereocenters. The quantitative estimate of drug-likeness (QED) is 0.800. The van der Waals surface area contributed by atoms with Crippen molar-refractivity contribution in [3.63, 3.8) is 0 Å². The van der Waals surface area contributed by atoms with Crippen molar-refractivity contribution in [1.29, 1.82) is 0 Å². The molecule has 0 radical (unpaired) electrons. The van der Waals surface area contributed by atoms with Gasteiger partial charge in [-0.1, -0.05) is 17.7 Å². The first-order chi connectivity index (χ1) is 8.94. The van der Waals surface area contributed by atoms with E-state index in [9.17, 15) is 8.42 Å². The number of halogens is 1. The summed E-state index contributed by atoms with van der Waals surface area (Å²) < 4.78 is 26.9. The molecule has 0 bridgehead atoms. The van der Waals surface area contributed by atoms with Crippen LogP contribution < -0.4 is 4.72 Å². The van der Waals surface area contributed by atoms with Crippen LogP contribution in [0.25, 0.3) is 0 Å². The third kappa shape index (κ3) is 2.89. The van der Waals surface area contributed by atoms with Gasteiger partial charge in [0.1, 0.15) is 10.6 Å². The number of aromatic amines is 1. The Bertz CT molecular complexity index is 697. The van der Waals surface area contributed by atoms with Crippen LogP contribution >= 0.6 is 11.6 Å². The molecule has 0 fully saturated rings. The Labute approximate surface area is 115 Å². The first-order valence-corrected chi connectivity index (χ1v) is 7.23. The van der Waals surface area contributed by atoms with Crippen molar-refractivity contribution in [2.45, 2.75) is 18.4 Å². The lowest BCUT2D eigenvalue weighted by molar-refractivity contribution is 0.273. The summed E-state index contributed by atoms with van der Waals surface area (Å²) in [6.45, 7) is 1.11. The lowest BCUT2D eigenvalue weighted by Gasteiger charge is -2.08. The molecule has 1 aromatic heterocycles. The van der Waals surface area contributed by atoms with Gasteiger partial charge in [0, 0.05) is 5.02 Å². The summed E-state index contributed by atoms with van der Waals surface area (Å²) in [5.74, 6) is 0. The molecule has 8 heteroatoms. The molecule has 0 saturated carbocycles. The summed E-state index contributed by atoms with van der Waals surface area (Å²) in [6, 6.07) is 6.35. The molecular weight excluding hydrogens is 290 g/mol. The molecule has 102 valence electrons. The van der Waals surface area contributed by atoms with Crippen LogP contribution in [0, 0.1) is 6.92 Å². The second-order valence-electron chi connectivity index (χ2n) is 3.90. The van der Waals surface area contributed by atoms with Crippen molar-refractivity contribution in [3.05, 3.63) is 40.7 Å². The van der Waals surface area contributed by atoms with Crippen molar-refractivity contribution < 1.29 is 13.5 Å². The molecule has 3 N–H and O–H groups in total. The highest BCUT2D eigenvalue weighted by molar-refractivity contribution is 7.92. The largest absolute Gasteiger partial charge is 0.390 e. The van der Waals surface area contributed by atoms with Crippen molar-refractivity contribution in [2.75, 3.05) is 4.72 Å². The summed E-state index contributed by atoms with van der Waals surface area (Å²) in [5, 5.41) is 15.8. The maximum Gasteiger partial charge on any atom is 0.265 e. The Morgan fingerprint density at radius 3 is 2.84 bits per heavy atom. The lowest BCUT2D eigenvalue weighted by Crippen LogP contribution is -2.15. The average molecular weight is 302 g/mol. The van der Waals surface area contributed by atoms with Crippen molar-refractivity contribution in [1.82, 2.24) is 10.2 Å². The molecular formula is C11H12ClN3O3S. The summed E-state index contributed by atoms with van der Waals surface area (Å²) in [4.78, 5) is -0.0463. The van der Waals surface area contributed by atoms with E-state index in [1.54, 1.807) is 25.1 Å². The van der Waals surface area contributed by atoms with Gasteiger partial charge in [-0.15, -0.1) is 0 Å². The minimum Gasteiger partial charge on any atom is -0.390 e. The van der Waals surface area contributed by atoms with Crippen LogP contribution in [0.15, 0.2) is 29.2 Å². The summed E-state index contributed by atoms with van der Waals surface area (Å²) >= 11 is 5.80. The fourth-order valence-corrected chi connectivity index (χ4v) is 3.29. The summed E-state index contributed by atoms with van der Waals surface area (Å²) in [5.41, 5.74) is 0.780. The Hall–Kier alpha value is -1.57. The van der Waals surface area contributed by atoms with Gasteiger partial charge in [0.2, 0.25) is 0 Å². The number of aromatic nitrogens is 2. The van der Waals surface area contributed by atoms with Gasteiger partial charge >= 0.3 is 0 Å². The van der Waals surface area contributed by atoms with Crippen LogP contribution in [0.3, 0.4) is 0 Å². The van der Waals surface area contributed by atoms with Gasteiger partial charge in [0.15, 0.2) is 0 Å². The van der Waals surface area contributed by atoms with E-state index in [1.165, 1.54) is 6.07 Å². The molecule has 0 spiro atoms. The Morgan fingerprint density at radius 1 is 1.47 bits per heavy atom. The molecule has 6 nitrogen and oxygen atoms in total. The van der Waals surface area contributed by atoms with Crippen LogP contribution in [0.1, 0.15) is 11.4 Å². The standard InChI is InChI=1S/C11H12ClN3O3S/c1-7-11(10(6-16)14-13-7)19(17,18)15-9-4-2-3-8(12)5-9/h2-5,15-16H,6H2,1H3,(H,13,14). The highest BCUT2D eigenvalue weighted by atomic mass is 35.5. The SMILES string of the molecule is Cc1[nH]nc(CO)c1S(=O)(=O)Nc1cccc(Cl)c1. The zero-order valence-corrected chi connectivity index (χ0v) is 11.6. The van der Waals surface area contributed by atoms with E-state index in [0.717, 1.165) is 0 Å². The zero-order chi connectivity index (χ0) is 14.0. The second kappa shape index (κ2) is 5.20. The summed E-state index contributed by atoms with van der Waals surface area (Å²) in [6.07, 6.45) is 0. The van der Waals surface area contributed by atoms with E-state index in [4.69, 9.17) is 16.7 Å². The number of nitrogens with one attached hydrogen (secondary N) is 2. The number of rotatable bonds is 4. The Balaban J connectivity index is 2.40. The minimum absolute atomic E-state index is 0.0463. The molecule has 0 saturated heterocycles. The molecule has 2 aromatic rings. The normalized spacial score (nSPS) is 11.5. The van der Waals surface area contributed by atoms with Crippen molar-refractivity contribution in [2.24, 2.45) is 0 Å². The topological polar surface area (TPSA) is 95.1 Å². The molecule has 0 aliphatic rings. The molecule has 19 heavy (non-hydrogen) atoms. The number of H-pyrrole nitrogens is 1. The van der Waals surface area contributed by atoms with Gasteiger partial charge in [-0.3, -0.25) is 9.82 Å². The number of sulfonamides is 1. The zero-order valence-electron chi connectivity index (χ0n) is 10.0. The van der Waals surface area contributed by atoms with Crippen LogP contribution in [-0.4, -0.2) is 23.7 Å². The minimum atomic E-state index is -3.82.